The first-order chi connectivity index (χ1) is 7.41. The Bertz CT molecular complexity index is 350. The summed E-state index contributed by atoms with van der Waals surface area (Å²) in [4.78, 5) is 2.22. The van der Waals surface area contributed by atoms with Crippen molar-refractivity contribution >= 4 is 21.6 Å². The normalized spacial score (nSPS) is 12.9. The Morgan fingerprint density at radius 3 is 2.38 bits per heavy atom. The molecule has 90 valence electrons. The zero-order valence-electron chi connectivity index (χ0n) is 10.4. The third-order valence-corrected chi connectivity index (χ3v) is 3.14. The summed E-state index contributed by atoms with van der Waals surface area (Å²) in [6.07, 6.45) is -0.416. The Morgan fingerprint density at radius 2 is 1.94 bits per heavy atom. The van der Waals surface area contributed by atoms with Gasteiger partial charge in [-0.05, 0) is 46.5 Å². The Balaban J connectivity index is 2.90. The van der Waals surface area contributed by atoms with Gasteiger partial charge >= 0.3 is 0 Å². The zero-order valence-corrected chi connectivity index (χ0v) is 12.0. The van der Waals surface area contributed by atoms with Gasteiger partial charge in [0.25, 0.3) is 0 Å². The van der Waals surface area contributed by atoms with E-state index >= 15 is 0 Å². The Hall–Kier alpha value is -0.540. The molecule has 0 saturated carbocycles. The van der Waals surface area contributed by atoms with Crippen LogP contribution >= 0.6 is 15.9 Å². The van der Waals surface area contributed by atoms with Crippen LogP contribution in [0, 0.1) is 5.92 Å². The van der Waals surface area contributed by atoms with Gasteiger partial charge in [-0.15, -0.1) is 0 Å². The standard InChI is InChI=1S/C13H20BrNO/c1-9(2)8-15(4)13-6-5-11(10(3)16)7-12(13)14/h5-7,9-10,16H,8H2,1-4H3/t10-/m0/s1. The SMILES string of the molecule is CC(C)CN(C)c1ccc([C@H](C)O)cc1Br. The van der Waals surface area contributed by atoms with Gasteiger partial charge in [0.2, 0.25) is 0 Å². The molecule has 1 N–H and O–H groups in total. The summed E-state index contributed by atoms with van der Waals surface area (Å²) in [5.41, 5.74) is 2.10. The van der Waals surface area contributed by atoms with Crippen molar-refractivity contribution in [1.29, 1.82) is 0 Å². The van der Waals surface area contributed by atoms with Crippen molar-refractivity contribution in [3.8, 4) is 0 Å². The Morgan fingerprint density at radius 1 is 1.31 bits per heavy atom. The first-order valence-electron chi connectivity index (χ1n) is 5.60. The molecule has 0 bridgehead atoms. The molecule has 1 aromatic rings. The maximum Gasteiger partial charge on any atom is 0.0762 e. The van der Waals surface area contributed by atoms with Crippen molar-refractivity contribution < 1.29 is 5.11 Å². The van der Waals surface area contributed by atoms with Crippen molar-refractivity contribution in [2.45, 2.75) is 26.9 Å². The predicted molar refractivity (Wildman–Crippen MR) is 72.9 cm³/mol. The van der Waals surface area contributed by atoms with Crippen LogP contribution in [0.15, 0.2) is 22.7 Å². The smallest absolute Gasteiger partial charge is 0.0762 e. The molecule has 1 rings (SSSR count). The molecule has 0 amide bonds. The molecule has 1 aromatic carbocycles. The number of hydrogen-bond donors (Lipinski definition) is 1. The molecule has 0 spiro atoms. The van der Waals surface area contributed by atoms with E-state index < -0.39 is 6.10 Å². The lowest BCUT2D eigenvalue weighted by Gasteiger charge is -2.23. The number of halogens is 1. The molecule has 0 saturated heterocycles. The summed E-state index contributed by atoms with van der Waals surface area (Å²) >= 11 is 3.55. The van der Waals surface area contributed by atoms with Crippen LogP contribution in [0.25, 0.3) is 0 Å². The fourth-order valence-electron chi connectivity index (χ4n) is 1.74. The molecule has 0 aliphatic rings. The van der Waals surface area contributed by atoms with Gasteiger partial charge in [-0.1, -0.05) is 19.9 Å². The minimum Gasteiger partial charge on any atom is -0.389 e. The molecule has 0 aromatic heterocycles. The van der Waals surface area contributed by atoms with Crippen LogP contribution < -0.4 is 4.90 Å². The number of nitrogens with zero attached hydrogens (tertiary/aromatic N) is 1. The van der Waals surface area contributed by atoms with E-state index in [9.17, 15) is 5.11 Å². The second-order valence-corrected chi connectivity index (χ2v) is 5.52. The van der Waals surface area contributed by atoms with E-state index in [1.54, 1.807) is 6.92 Å². The third-order valence-electron chi connectivity index (χ3n) is 2.50. The molecule has 0 aliphatic carbocycles. The van der Waals surface area contributed by atoms with Crippen molar-refractivity contribution in [3.63, 3.8) is 0 Å². The van der Waals surface area contributed by atoms with Crippen molar-refractivity contribution in [2.75, 3.05) is 18.5 Å². The van der Waals surface area contributed by atoms with E-state index in [-0.39, 0.29) is 0 Å². The lowest BCUT2D eigenvalue weighted by molar-refractivity contribution is 0.199. The van der Waals surface area contributed by atoms with E-state index in [2.05, 4.69) is 47.8 Å². The Kier molecular flexibility index (Phi) is 4.81. The van der Waals surface area contributed by atoms with Crippen molar-refractivity contribution in [2.24, 2.45) is 5.92 Å². The number of aliphatic hydroxyl groups excluding tert-OH is 1. The fourth-order valence-corrected chi connectivity index (χ4v) is 2.44. The van der Waals surface area contributed by atoms with Crippen LogP contribution in [0.1, 0.15) is 32.4 Å². The monoisotopic (exact) mass is 285 g/mol. The average molecular weight is 286 g/mol. The highest BCUT2D eigenvalue weighted by Crippen LogP contribution is 2.29. The number of benzene rings is 1. The molecule has 0 radical (unpaired) electrons. The summed E-state index contributed by atoms with van der Waals surface area (Å²) in [5, 5.41) is 9.49. The second kappa shape index (κ2) is 5.69. The summed E-state index contributed by atoms with van der Waals surface area (Å²) in [6.45, 7) is 7.20. The molecule has 0 unspecified atom stereocenters. The van der Waals surface area contributed by atoms with Gasteiger partial charge in [0.05, 0.1) is 11.8 Å². The van der Waals surface area contributed by atoms with Gasteiger partial charge in [-0.2, -0.15) is 0 Å². The Labute approximate surface area is 106 Å². The van der Waals surface area contributed by atoms with Crippen LogP contribution in [0.5, 0.6) is 0 Å². The summed E-state index contributed by atoms with van der Waals surface area (Å²) < 4.78 is 1.04. The number of aliphatic hydroxyl groups is 1. The summed E-state index contributed by atoms with van der Waals surface area (Å²) in [6, 6.07) is 6.01. The number of anilines is 1. The van der Waals surface area contributed by atoms with Gasteiger partial charge in [0.1, 0.15) is 0 Å². The summed E-state index contributed by atoms with van der Waals surface area (Å²) in [5.74, 6) is 0.633. The third kappa shape index (κ3) is 3.49. The first kappa shape index (κ1) is 13.5. The molecule has 0 heterocycles. The van der Waals surface area contributed by atoms with Gasteiger partial charge in [0.15, 0.2) is 0 Å². The maximum absolute atomic E-state index is 9.49. The quantitative estimate of drug-likeness (QED) is 0.914. The molecule has 1 atom stereocenters. The average Bonchev–Trinajstić information content (AvgIpc) is 2.15. The summed E-state index contributed by atoms with van der Waals surface area (Å²) in [7, 11) is 2.09. The molecular weight excluding hydrogens is 266 g/mol. The molecule has 2 nitrogen and oxygen atoms in total. The van der Waals surface area contributed by atoms with Crippen LogP contribution in [0.2, 0.25) is 0 Å². The van der Waals surface area contributed by atoms with Crippen LogP contribution in [0.3, 0.4) is 0 Å². The second-order valence-electron chi connectivity index (χ2n) is 4.66. The zero-order chi connectivity index (χ0) is 12.3. The van der Waals surface area contributed by atoms with Crippen LogP contribution in [-0.2, 0) is 0 Å². The van der Waals surface area contributed by atoms with E-state index in [0.717, 1.165) is 22.3 Å². The molecule has 0 fully saturated rings. The van der Waals surface area contributed by atoms with E-state index in [4.69, 9.17) is 0 Å². The molecular formula is C13H20BrNO. The van der Waals surface area contributed by atoms with Gasteiger partial charge in [-0.3, -0.25) is 0 Å². The van der Waals surface area contributed by atoms with Crippen LogP contribution in [-0.4, -0.2) is 18.7 Å². The molecule has 0 aliphatic heterocycles. The number of hydrogen-bond acceptors (Lipinski definition) is 2. The minimum absolute atomic E-state index is 0.416. The van der Waals surface area contributed by atoms with E-state index in [1.165, 1.54) is 0 Å². The lowest BCUT2D eigenvalue weighted by Crippen LogP contribution is -2.22. The van der Waals surface area contributed by atoms with E-state index in [0.29, 0.717) is 5.92 Å². The van der Waals surface area contributed by atoms with E-state index in [1.807, 2.05) is 12.1 Å². The molecule has 3 heteroatoms. The topological polar surface area (TPSA) is 23.5 Å². The number of rotatable bonds is 4. The fraction of sp³-hybridized carbons (Fsp3) is 0.538. The van der Waals surface area contributed by atoms with Gasteiger partial charge < -0.3 is 10.0 Å². The highest BCUT2D eigenvalue weighted by atomic mass is 79.9. The highest BCUT2D eigenvalue weighted by molar-refractivity contribution is 9.10. The first-order valence-corrected chi connectivity index (χ1v) is 6.39. The van der Waals surface area contributed by atoms with Crippen molar-refractivity contribution in [3.05, 3.63) is 28.2 Å². The van der Waals surface area contributed by atoms with Crippen LogP contribution in [0.4, 0.5) is 5.69 Å². The minimum atomic E-state index is -0.416. The van der Waals surface area contributed by atoms with Gasteiger partial charge in [-0.25, -0.2) is 0 Å². The predicted octanol–water partition coefficient (Wildman–Crippen LogP) is 3.59. The van der Waals surface area contributed by atoms with Gasteiger partial charge in [0, 0.05) is 18.1 Å². The highest BCUT2D eigenvalue weighted by Gasteiger charge is 2.09. The lowest BCUT2D eigenvalue weighted by atomic mass is 10.1. The molecule has 16 heavy (non-hydrogen) atoms. The largest absolute Gasteiger partial charge is 0.389 e. The maximum atomic E-state index is 9.49. The van der Waals surface area contributed by atoms with Crippen molar-refractivity contribution in [1.82, 2.24) is 0 Å².